The molecule has 1 heterocycles. The molecule has 0 aromatic heterocycles. The molecule has 0 spiro atoms. The average molecular weight is 390 g/mol. The summed E-state index contributed by atoms with van der Waals surface area (Å²) < 4.78 is 11.0. The Hall–Kier alpha value is -2.57. The summed E-state index contributed by atoms with van der Waals surface area (Å²) in [5, 5.41) is 2.71. The Kier molecular flexibility index (Phi) is 7.84. The first-order valence-corrected chi connectivity index (χ1v) is 9.75. The van der Waals surface area contributed by atoms with Gasteiger partial charge in [0.25, 0.3) is 5.91 Å². The number of amides is 2. The van der Waals surface area contributed by atoms with Crippen molar-refractivity contribution < 1.29 is 23.9 Å². The van der Waals surface area contributed by atoms with Crippen molar-refractivity contribution in [2.75, 3.05) is 19.7 Å². The van der Waals surface area contributed by atoms with E-state index in [1.165, 1.54) is 4.90 Å². The molecule has 2 atom stereocenters. The van der Waals surface area contributed by atoms with Gasteiger partial charge in [-0.3, -0.25) is 14.4 Å². The zero-order valence-electron chi connectivity index (χ0n) is 17.1. The minimum atomic E-state index is -0.879. The first-order valence-electron chi connectivity index (χ1n) is 9.75. The second-order valence-electron chi connectivity index (χ2n) is 7.47. The van der Waals surface area contributed by atoms with E-state index >= 15 is 0 Å². The van der Waals surface area contributed by atoms with Crippen LogP contribution in [0.5, 0.6) is 5.75 Å². The Balaban J connectivity index is 2.01. The molecule has 0 bridgehead atoms. The van der Waals surface area contributed by atoms with Crippen LogP contribution in [0.2, 0.25) is 0 Å². The molecule has 2 amide bonds. The van der Waals surface area contributed by atoms with Crippen LogP contribution in [-0.2, 0) is 19.1 Å². The molecule has 1 aliphatic heterocycles. The van der Waals surface area contributed by atoms with Crippen LogP contribution in [0.25, 0.3) is 0 Å². The molecule has 1 saturated heterocycles. The normalized spacial score (nSPS) is 17.8. The number of piperazine rings is 1. The Morgan fingerprint density at radius 1 is 1.25 bits per heavy atom. The highest BCUT2D eigenvalue weighted by molar-refractivity contribution is 5.93. The zero-order chi connectivity index (χ0) is 20.7. The lowest BCUT2D eigenvalue weighted by atomic mass is 10.1. The number of para-hydroxylation sites is 1. The summed E-state index contributed by atoms with van der Waals surface area (Å²) in [6.45, 7) is 8.62. The third kappa shape index (κ3) is 5.97. The predicted molar refractivity (Wildman–Crippen MR) is 105 cm³/mol. The molecule has 2 rings (SSSR count). The van der Waals surface area contributed by atoms with Gasteiger partial charge in [-0.1, -0.05) is 32.0 Å². The lowest BCUT2D eigenvalue weighted by Gasteiger charge is -2.36. The highest BCUT2D eigenvalue weighted by Gasteiger charge is 2.37. The fourth-order valence-corrected chi connectivity index (χ4v) is 2.97. The number of hydrogen-bond donors (Lipinski definition) is 1. The van der Waals surface area contributed by atoms with Crippen LogP contribution >= 0.6 is 0 Å². The molecule has 1 aliphatic rings. The van der Waals surface area contributed by atoms with E-state index in [9.17, 15) is 14.4 Å². The number of ether oxygens (including phenoxy) is 2. The van der Waals surface area contributed by atoms with Gasteiger partial charge in [-0.05, 0) is 37.8 Å². The van der Waals surface area contributed by atoms with Gasteiger partial charge in [-0.25, -0.2) is 0 Å². The molecule has 1 N–H and O–H groups in total. The van der Waals surface area contributed by atoms with Crippen molar-refractivity contribution in [2.24, 2.45) is 5.92 Å². The number of nitrogens with one attached hydrogen (secondary N) is 1. The Morgan fingerprint density at radius 3 is 2.64 bits per heavy atom. The second-order valence-corrected chi connectivity index (χ2v) is 7.47. The third-order valence-electron chi connectivity index (χ3n) is 4.68. The first kappa shape index (κ1) is 21.7. The van der Waals surface area contributed by atoms with Gasteiger partial charge in [0, 0.05) is 13.1 Å². The van der Waals surface area contributed by atoms with E-state index in [0.29, 0.717) is 31.4 Å². The van der Waals surface area contributed by atoms with Crippen LogP contribution in [0, 0.1) is 12.8 Å². The van der Waals surface area contributed by atoms with E-state index in [2.05, 4.69) is 5.32 Å². The Bertz CT molecular complexity index is 704. The molecule has 154 valence electrons. The molecule has 7 heteroatoms. The Morgan fingerprint density at radius 2 is 1.96 bits per heavy atom. The lowest BCUT2D eigenvalue weighted by molar-refractivity contribution is -0.154. The van der Waals surface area contributed by atoms with Crippen LogP contribution in [0.1, 0.15) is 39.2 Å². The molecule has 1 aromatic carbocycles. The number of hydrogen-bond acceptors (Lipinski definition) is 5. The largest absolute Gasteiger partial charge is 0.481 e. The SMILES string of the molecule is Cc1ccccc1OC(C)C(=O)N1CCNC(=O)C1CC(=O)OCCC(C)C. The number of esters is 1. The molecule has 7 nitrogen and oxygen atoms in total. The van der Waals surface area contributed by atoms with E-state index in [-0.39, 0.29) is 18.2 Å². The van der Waals surface area contributed by atoms with Crippen LogP contribution in [0.3, 0.4) is 0 Å². The van der Waals surface area contributed by atoms with Gasteiger partial charge in [0.05, 0.1) is 13.0 Å². The monoisotopic (exact) mass is 390 g/mol. The van der Waals surface area contributed by atoms with E-state index in [4.69, 9.17) is 9.47 Å². The summed E-state index contributed by atoms with van der Waals surface area (Å²) in [6, 6.07) is 6.55. The second kappa shape index (κ2) is 10.1. The average Bonchev–Trinajstić information content (AvgIpc) is 2.64. The molecular formula is C21H30N2O5. The smallest absolute Gasteiger partial charge is 0.308 e. The lowest BCUT2D eigenvalue weighted by Crippen LogP contribution is -2.60. The molecule has 0 aliphatic carbocycles. The maximum absolute atomic E-state index is 12.9. The molecular weight excluding hydrogens is 360 g/mol. The number of aryl methyl sites for hydroxylation is 1. The zero-order valence-corrected chi connectivity index (χ0v) is 17.1. The van der Waals surface area contributed by atoms with Crippen molar-refractivity contribution in [3.05, 3.63) is 29.8 Å². The highest BCUT2D eigenvalue weighted by Crippen LogP contribution is 2.20. The number of nitrogens with zero attached hydrogens (tertiary/aromatic N) is 1. The Labute approximate surface area is 166 Å². The predicted octanol–water partition coefficient (Wildman–Crippen LogP) is 2.07. The van der Waals surface area contributed by atoms with Crippen molar-refractivity contribution in [3.63, 3.8) is 0 Å². The van der Waals surface area contributed by atoms with Gasteiger partial charge < -0.3 is 19.7 Å². The summed E-state index contributed by atoms with van der Waals surface area (Å²) in [4.78, 5) is 38.8. The van der Waals surface area contributed by atoms with Crippen LogP contribution in [0.4, 0.5) is 0 Å². The quantitative estimate of drug-likeness (QED) is 0.687. The maximum atomic E-state index is 12.9. The van der Waals surface area contributed by atoms with Crippen molar-refractivity contribution in [1.82, 2.24) is 10.2 Å². The van der Waals surface area contributed by atoms with Gasteiger partial charge in [0.15, 0.2) is 6.10 Å². The summed E-state index contributed by atoms with van der Waals surface area (Å²) in [5.41, 5.74) is 0.920. The fraction of sp³-hybridized carbons (Fsp3) is 0.571. The van der Waals surface area contributed by atoms with Gasteiger partial charge in [0.1, 0.15) is 11.8 Å². The van der Waals surface area contributed by atoms with Crippen molar-refractivity contribution >= 4 is 17.8 Å². The first-order chi connectivity index (χ1) is 13.3. The molecule has 1 aromatic rings. The van der Waals surface area contributed by atoms with E-state index in [0.717, 1.165) is 12.0 Å². The molecule has 2 unspecified atom stereocenters. The summed E-state index contributed by atoms with van der Waals surface area (Å²) in [5.74, 6) is -0.104. The highest BCUT2D eigenvalue weighted by atomic mass is 16.5. The standard InChI is InChI=1S/C21H30N2O5/c1-14(2)9-12-27-19(24)13-17-20(25)22-10-11-23(17)21(26)16(4)28-18-8-6-5-7-15(18)3/h5-8,14,16-17H,9-13H2,1-4H3,(H,22,25). The third-order valence-corrected chi connectivity index (χ3v) is 4.68. The molecule has 1 fully saturated rings. The number of benzene rings is 1. The van der Waals surface area contributed by atoms with Crippen LogP contribution in [0.15, 0.2) is 24.3 Å². The van der Waals surface area contributed by atoms with Crippen LogP contribution < -0.4 is 10.1 Å². The van der Waals surface area contributed by atoms with Crippen LogP contribution in [-0.4, -0.2) is 54.5 Å². The molecule has 0 radical (unpaired) electrons. The van der Waals surface area contributed by atoms with E-state index in [1.807, 2.05) is 39.0 Å². The minimum Gasteiger partial charge on any atom is -0.481 e. The number of carbonyl (C=O) groups is 3. The fourth-order valence-electron chi connectivity index (χ4n) is 2.97. The molecule has 28 heavy (non-hydrogen) atoms. The van der Waals surface area contributed by atoms with E-state index in [1.54, 1.807) is 13.0 Å². The number of carbonyl (C=O) groups excluding carboxylic acids is 3. The minimum absolute atomic E-state index is 0.160. The van der Waals surface area contributed by atoms with Gasteiger partial charge >= 0.3 is 5.97 Å². The summed E-state index contributed by atoms with van der Waals surface area (Å²) in [6.07, 6.45) is -0.175. The topological polar surface area (TPSA) is 84.9 Å². The van der Waals surface area contributed by atoms with Crippen molar-refractivity contribution in [2.45, 2.75) is 52.7 Å². The maximum Gasteiger partial charge on any atom is 0.308 e. The summed E-state index contributed by atoms with van der Waals surface area (Å²) >= 11 is 0. The number of rotatable bonds is 8. The van der Waals surface area contributed by atoms with Crippen molar-refractivity contribution in [3.8, 4) is 5.75 Å². The summed E-state index contributed by atoms with van der Waals surface area (Å²) in [7, 11) is 0. The van der Waals surface area contributed by atoms with Gasteiger partial charge in [0.2, 0.25) is 5.91 Å². The van der Waals surface area contributed by atoms with E-state index < -0.39 is 18.1 Å². The van der Waals surface area contributed by atoms with Gasteiger partial charge in [-0.15, -0.1) is 0 Å². The van der Waals surface area contributed by atoms with Gasteiger partial charge in [-0.2, -0.15) is 0 Å². The molecule has 0 saturated carbocycles. The van der Waals surface area contributed by atoms with Crippen molar-refractivity contribution in [1.29, 1.82) is 0 Å².